The van der Waals surface area contributed by atoms with Crippen LogP contribution < -0.4 is 19.5 Å². The second-order valence-electron chi connectivity index (χ2n) is 19.4. The molecule has 2 aromatic carbocycles. The Bertz CT molecular complexity index is 1840. The summed E-state index contributed by atoms with van der Waals surface area (Å²) >= 11 is 0. The summed E-state index contributed by atoms with van der Waals surface area (Å²) in [5.74, 6) is 9.88. The van der Waals surface area contributed by atoms with Gasteiger partial charge >= 0.3 is 0 Å². The van der Waals surface area contributed by atoms with Gasteiger partial charge in [0, 0.05) is 40.9 Å². The highest BCUT2D eigenvalue weighted by Gasteiger charge is 2.48. The highest BCUT2D eigenvalue weighted by Crippen LogP contribution is 2.53. The number of fused-ring (bicyclic) bond motifs is 3. The SMILES string of the molecule is COc1cc(CC2C(O)CSSC(CCO)c3cc(O)c(OC4CCC5CNC6(CC#CC7(CCCC(C)C7)C5C4)CCCCC6)cc3CCC(OCO)CC2O)cc(OC)c1O. The van der Waals surface area contributed by atoms with E-state index in [1.165, 1.54) is 80.8 Å². The fourth-order valence-corrected chi connectivity index (χ4v) is 14.7. The van der Waals surface area contributed by atoms with Crippen molar-refractivity contribution in [2.45, 2.75) is 158 Å². The van der Waals surface area contributed by atoms with Gasteiger partial charge in [-0.15, -0.1) is 5.92 Å². The molecule has 10 atom stereocenters. The van der Waals surface area contributed by atoms with Crippen LogP contribution in [0.1, 0.15) is 132 Å². The summed E-state index contributed by atoms with van der Waals surface area (Å²) in [7, 11) is 5.91. The van der Waals surface area contributed by atoms with Gasteiger partial charge in [0.05, 0.1) is 38.6 Å². The summed E-state index contributed by atoms with van der Waals surface area (Å²) < 4.78 is 23.5. The molecule has 0 aromatic heterocycles. The summed E-state index contributed by atoms with van der Waals surface area (Å²) in [5.41, 5.74) is 2.66. The van der Waals surface area contributed by atoms with Crippen LogP contribution in [0.15, 0.2) is 24.3 Å². The summed E-state index contributed by atoms with van der Waals surface area (Å²) in [6.45, 7) is 2.83. The molecular weight excluding hydrogens is 839 g/mol. The van der Waals surface area contributed by atoms with Crippen LogP contribution in [-0.4, -0.2) is 101 Å². The molecule has 3 aliphatic carbocycles. The van der Waals surface area contributed by atoms with E-state index in [1.54, 1.807) is 18.2 Å². The van der Waals surface area contributed by atoms with Crippen molar-refractivity contribution in [2.75, 3.05) is 39.9 Å². The molecule has 350 valence electrons. The van der Waals surface area contributed by atoms with E-state index in [1.807, 2.05) is 6.07 Å². The maximum absolute atomic E-state index is 11.8. The van der Waals surface area contributed by atoms with E-state index in [2.05, 4.69) is 24.1 Å². The number of aliphatic hydroxyl groups is 4. The smallest absolute Gasteiger partial charge is 0.200 e. The van der Waals surface area contributed by atoms with Crippen LogP contribution in [0.2, 0.25) is 0 Å². The Morgan fingerprint density at radius 1 is 0.857 bits per heavy atom. The van der Waals surface area contributed by atoms with E-state index in [9.17, 15) is 30.6 Å². The zero-order valence-electron chi connectivity index (χ0n) is 37.7. The van der Waals surface area contributed by atoms with Crippen molar-refractivity contribution in [3.63, 3.8) is 0 Å². The van der Waals surface area contributed by atoms with Gasteiger partial charge in [0.15, 0.2) is 23.0 Å². The molecular formula is C50H73NO10S2. The monoisotopic (exact) mass is 911 g/mol. The van der Waals surface area contributed by atoms with Gasteiger partial charge in [0.25, 0.3) is 0 Å². The fraction of sp³-hybridized carbons (Fsp3) is 0.720. The van der Waals surface area contributed by atoms with Crippen LogP contribution >= 0.6 is 21.6 Å². The molecule has 5 aliphatic rings. The number of ether oxygens (including phenoxy) is 4. The molecule has 0 saturated heterocycles. The van der Waals surface area contributed by atoms with Gasteiger partial charge in [-0.1, -0.05) is 66.5 Å². The van der Waals surface area contributed by atoms with E-state index >= 15 is 0 Å². The van der Waals surface area contributed by atoms with E-state index < -0.39 is 31.0 Å². The van der Waals surface area contributed by atoms with E-state index in [0.717, 1.165) is 56.2 Å². The molecule has 7 rings (SSSR count). The number of aryl methyl sites for hydroxylation is 1. The molecule has 0 bridgehead atoms. The molecule has 3 saturated carbocycles. The first-order valence-electron chi connectivity index (χ1n) is 23.7. The Labute approximate surface area is 383 Å². The van der Waals surface area contributed by atoms with Gasteiger partial charge in [0.1, 0.15) is 6.79 Å². The molecule has 0 radical (unpaired) electrons. The molecule has 2 spiro atoms. The molecule has 10 unspecified atom stereocenters. The highest BCUT2D eigenvalue weighted by atomic mass is 33.1. The predicted molar refractivity (Wildman–Crippen MR) is 249 cm³/mol. The van der Waals surface area contributed by atoms with Crippen molar-refractivity contribution in [1.82, 2.24) is 5.32 Å². The van der Waals surface area contributed by atoms with Crippen molar-refractivity contribution in [3.8, 4) is 40.6 Å². The standard InChI is InChI=1S/C50H73NO10S2/c1-32-9-7-15-49(28-32)16-8-19-50(17-5-4-6-18-50)51-29-35-11-13-37(25-40(35)49)61-44-24-34-10-12-36(60-31-53)26-41(54)39(21-33-22-45(58-2)48(57)46(23-33)59-3)43(56)30-62-63-47(14-20-52)38(34)27-42(44)55/h22-24,27,32,35-37,39-41,43,47,51-57H,4-7,9-15,17-21,25-26,28-31H2,1-3H3. The molecule has 2 aliphatic heterocycles. The number of hydrogen-bond donors (Lipinski definition) is 7. The summed E-state index contributed by atoms with van der Waals surface area (Å²) in [4.78, 5) is 0. The lowest BCUT2D eigenvalue weighted by Crippen LogP contribution is -2.51. The number of methoxy groups -OCH3 is 2. The molecule has 11 nitrogen and oxygen atoms in total. The zero-order chi connectivity index (χ0) is 44.6. The number of phenols is 2. The Morgan fingerprint density at radius 2 is 1.63 bits per heavy atom. The third-order valence-electron chi connectivity index (χ3n) is 15.2. The molecule has 13 heteroatoms. The van der Waals surface area contributed by atoms with Crippen molar-refractivity contribution in [1.29, 1.82) is 0 Å². The first kappa shape index (κ1) is 48.4. The predicted octanol–water partition coefficient (Wildman–Crippen LogP) is 8.23. The number of phenolic OH excluding ortho intramolecular Hbond substituents is 2. The number of aromatic hydroxyl groups is 2. The number of aliphatic hydroxyl groups excluding tert-OH is 4. The number of nitrogens with one attached hydrogen (secondary N) is 1. The first-order chi connectivity index (χ1) is 30.5. The quantitative estimate of drug-likeness (QED) is 0.0692. The van der Waals surface area contributed by atoms with Gasteiger partial charge < -0.3 is 54.9 Å². The Balaban J connectivity index is 1.13. The lowest BCUT2D eigenvalue weighted by Gasteiger charge is -2.49. The number of benzene rings is 2. The van der Waals surface area contributed by atoms with Crippen LogP contribution in [0.4, 0.5) is 0 Å². The average molecular weight is 912 g/mol. The lowest BCUT2D eigenvalue weighted by atomic mass is 9.56. The Kier molecular flexibility index (Phi) is 17.1. The molecule has 7 N–H and O–H groups in total. The van der Waals surface area contributed by atoms with Crippen LogP contribution in [0, 0.1) is 40.9 Å². The van der Waals surface area contributed by atoms with Crippen LogP contribution in [-0.2, 0) is 17.6 Å². The van der Waals surface area contributed by atoms with Gasteiger partial charge in [-0.2, -0.15) is 0 Å². The number of rotatable bonds is 10. The minimum atomic E-state index is -1.00. The normalized spacial score (nSPS) is 32.8. The molecule has 2 heterocycles. The maximum Gasteiger partial charge on any atom is 0.200 e. The van der Waals surface area contributed by atoms with E-state index in [-0.39, 0.29) is 70.5 Å². The van der Waals surface area contributed by atoms with Crippen LogP contribution in [0.25, 0.3) is 0 Å². The second kappa shape index (κ2) is 22.3. The molecule has 2 aromatic rings. The van der Waals surface area contributed by atoms with E-state index in [4.69, 9.17) is 18.9 Å². The highest BCUT2D eigenvalue weighted by molar-refractivity contribution is 8.76. The van der Waals surface area contributed by atoms with Gasteiger partial charge in [-0.25, -0.2) is 0 Å². The minimum absolute atomic E-state index is 0.0257. The largest absolute Gasteiger partial charge is 0.504 e. The molecule has 0 amide bonds. The van der Waals surface area contributed by atoms with Gasteiger partial charge in [-0.05, 0) is 142 Å². The van der Waals surface area contributed by atoms with Crippen molar-refractivity contribution >= 4 is 21.6 Å². The Hall–Kier alpha value is -2.54. The third kappa shape index (κ3) is 11.7. The minimum Gasteiger partial charge on any atom is -0.504 e. The second-order valence-corrected chi connectivity index (χ2v) is 22.0. The zero-order valence-corrected chi connectivity index (χ0v) is 39.3. The van der Waals surface area contributed by atoms with Crippen molar-refractivity contribution in [2.24, 2.45) is 29.1 Å². The molecule has 3 fully saturated rings. The average Bonchev–Trinajstić information content (AvgIpc) is 3.33. The lowest BCUT2D eigenvalue weighted by molar-refractivity contribution is -0.0808. The topological polar surface area (TPSA) is 170 Å². The third-order valence-corrected chi connectivity index (χ3v) is 18.1. The first-order valence-corrected chi connectivity index (χ1v) is 26.1. The molecule has 63 heavy (non-hydrogen) atoms. The van der Waals surface area contributed by atoms with Gasteiger partial charge in [0.2, 0.25) is 5.75 Å². The van der Waals surface area contributed by atoms with Crippen LogP contribution in [0.5, 0.6) is 28.7 Å². The van der Waals surface area contributed by atoms with Crippen molar-refractivity contribution in [3.05, 3.63) is 41.0 Å². The maximum atomic E-state index is 11.8. The van der Waals surface area contributed by atoms with Gasteiger partial charge in [-0.3, -0.25) is 0 Å². The van der Waals surface area contributed by atoms with Crippen LogP contribution in [0.3, 0.4) is 0 Å². The summed E-state index contributed by atoms with van der Waals surface area (Å²) in [6.07, 6.45) is 14.1. The summed E-state index contributed by atoms with van der Waals surface area (Å²) in [5, 5.41) is 70.0. The number of hydrogen-bond acceptors (Lipinski definition) is 13. The summed E-state index contributed by atoms with van der Waals surface area (Å²) in [6, 6.07) is 7.13. The Morgan fingerprint density at radius 3 is 2.35 bits per heavy atom. The fourth-order valence-electron chi connectivity index (χ4n) is 11.8. The van der Waals surface area contributed by atoms with Crippen molar-refractivity contribution < 1.29 is 49.6 Å². The van der Waals surface area contributed by atoms with E-state index in [0.29, 0.717) is 48.3 Å².